The van der Waals surface area contributed by atoms with Crippen molar-refractivity contribution < 1.29 is 19.1 Å². The van der Waals surface area contributed by atoms with Gasteiger partial charge in [-0.15, -0.1) is 0 Å². The van der Waals surface area contributed by atoms with Gasteiger partial charge >= 0.3 is 11.9 Å². The van der Waals surface area contributed by atoms with E-state index >= 15 is 0 Å². The van der Waals surface area contributed by atoms with Crippen LogP contribution >= 0.6 is 11.6 Å². The van der Waals surface area contributed by atoms with E-state index < -0.39 is 11.9 Å². The minimum atomic E-state index is -0.681. The third-order valence-electron chi connectivity index (χ3n) is 1.74. The maximum atomic E-state index is 11.3. The van der Waals surface area contributed by atoms with E-state index in [1.54, 1.807) is 0 Å². The maximum Gasteiger partial charge on any atom is 0.384 e. The zero-order chi connectivity index (χ0) is 12.8. The summed E-state index contributed by atoms with van der Waals surface area (Å²) in [6, 6.07) is 1.39. The van der Waals surface area contributed by atoms with Crippen molar-refractivity contribution in [1.82, 2.24) is 4.98 Å². The van der Waals surface area contributed by atoms with Crippen molar-refractivity contribution in [2.24, 2.45) is 0 Å². The number of esters is 2. The van der Waals surface area contributed by atoms with Gasteiger partial charge in [-0.25, -0.2) is 14.6 Å². The van der Waals surface area contributed by atoms with Crippen LogP contribution in [0.15, 0.2) is 12.3 Å². The number of nitrogens with zero attached hydrogens (tertiary/aromatic N) is 1. The van der Waals surface area contributed by atoms with Crippen molar-refractivity contribution in [1.29, 1.82) is 0 Å². The molecule has 0 aliphatic heterocycles. The zero-order valence-corrected chi connectivity index (χ0v) is 9.87. The van der Waals surface area contributed by atoms with Crippen LogP contribution in [-0.4, -0.2) is 31.1 Å². The average Bonchev–Trinajstić information content (AvgIpc) is 2.36. The van der Waals surface area contributed by atoms with Crippen molar-refractivity contribution in [2.45, 2.75) is 0 Å². The lowest BCUT2D eigenvalue weighted by Gasteiger charge is -2.01. The number of carbonyl (C=O) groups excluding carboxylic acids is 2. The predicted octanol–water partition coefficient (Wildman–Crippen LogP) is 1.05. The Morgan fingerprint density at radius 1 is 1.35 bits per heavy atom. The molecule has 0 aromatic carbocycles. The number of hydrogen-bond acceptors (Lipinski definition) is 5. The van der Waals surface area contributed by atoms with Crippen LogP contribution in [0.3, 0.4) is 0 Å². The Morgan fingerprint density at radius 2 is 2.06 bits per heavy atom. The fraction of sp³-hybridized carbons (Fsp3) is 0.182. The first-order chi connectivity index (χ1) is 8.08. The maximum absolute atomic E-state index is 11.3. The summed E-state index contributed by atoms with van der Waals surface area (Å²) in [4.78, 5) is 25.8. The van der Waals surface area contributed by atoms with E-state index in [-0.39, 0.29) is 10.7 Å². The van der Waals surface area contributed by atoms with Crippen molar-refractivity contribution in [3.05, 3.63) is 28.5 Å². The van der Waals surface area contributed by atoms with E-state index in [2.05, 4.69) is 26.3 Å². The summed E-state index contributed by atoms with van der Waals surface area (Å²) >= 11 is 5.71. The van der Waals surface area contributed by atoms with Gasteiger partial charge in [-0.05, 0) is 6.07 Å². The van der Waals surface area contributed by atoms with Crippen LogP contribution in [0.25, 0.3) is 0 Å². The van der Waals surface area contributed by atoms with Crippen LogP contribution < -0.4 is 0 Å². The fourth-order valence-electron chi connectivity index (χ4n) is 0.944. The first kappa shape index (κ1) is 13.0. The zero-order valence-electron chi connectivity index (χ0n) is 9.11. The second-order valence-corrected chi connectivity index (χ2v) is 3.15. The lowest BCUT2D eigenvalue weighted by atomic mass is 10.2. The number of methoxy groups -OCH3 is 2. The van der Waals surface area contributed by atoms with Gasteiger partial charge in [0.2, 0.25) is 0 Å². The standard InChI is InChI=1S/C11H8ClNO4/c1-16-9(14)4-3-7-5-8(11(15)17-2)10(12)13-6-7/h5-6H,1-2H3. The molecule has 5 nitrogen and oxygen atoms in total. The summed E-state index contributed by atoms with van der Waals surface area (Å²) in [6.07, 6.45) is 1.34. The summed E-state index contributed by atoms with van der Waals surface area (Å²) in [7, 11) is 2.45. The van der Waals surface area contributed by atoms with Crippen LogP contribution in [0.2, 0.25) is 5.15 Å². The summed E-state index contributed by atoms with van der Waals surface area (Å²) < 4.78 is 8.86. The summed E-state index contributed by atoms with van der Waals surface area (Å²) in [5, 5.41) is 0.0143. The number of carbonyl (C=O) groups is 2. The molecule has 0 bridgehead atoms. The molecule has 1 aromatic heterocycles. The largest absolute Gasteiger partial charge is 0.465 e. The molecule has 0 saturated carbocycles. The molecule has 17 heavy (non-hydrogen) atoms. The quantitative estimate of drug-likeness (QED) is 0.425. The molecule has 0 unspecified atom stereocenters. The van der Waals surface area contributed by atoms with E-state index in [1.165, 1.54) is 26.5 Å². The minimum Gasteiger partial charge on any atom is -0.465 e. The number of pyridine rings is 1. The van der Waals surface area contributed by atoms with Gasteiger partial charge < -0.3 is 9.47 Å². The molecule has 0 saturated heterocycles. The molecular formula is C11H8ClNO4. The van der Waals surface area contributed by atoms with E-state index in [1.807, 2.05) is 0 Å². The van der Waals surface area contributed by atoms with Gasteiger partial charge in [0.15, 0.2) is 0 Å². The molecule has 1 heterocycles. The van der Waals surface area contributed by atoms with Gasteiger partial charge in [0.1, 0.15) is 5.15 Å². The summed E-state index contributed by atoms with van der Waals surface area (Å²) in [6.45, 7) is 0. The highest BCUT2D eigenvalue weighted by Gasteiger charge is 2.11. The number of ether oxygens (including phenoxy) is 2. The SMILES string of the molecule is COC(=O)C#Cc1cnc(Cl)c(C(=O)OC)c1. The molecule has 0 N–H and O–H groups in total. The Hall–Kier alpha value is -2.06. The first-order valence-electron chi connectivity index (χ1n) is 4.42. The Labute approximate surface area is 103 Å². The van der Waals surface area contributed by atoms with Crippen LogP contribution in [-0.2, 0) is 14.3 Å². The molecule has 1 aromatic rings. The van der Waals surface area contributed by atoms with Gasteiger partial charge in [0, 0.05) is 17.7 Å². The van der Waals surface area contributed by atoms with Crippen molar-refractivity contribution in [2.75, 3.05) is 14.2 Å². The van der Waals surface area contributed by atoms with Gasteiger partial charge in [0.05, 0.1) is 19.8 Å². The third-order valence-corrected chi connectivity index (χ3v) is 2.04. The lowest BCUT2D eigenvalue weighted by molar-refractivity contribution is -0.133. The molecule has 6 heteroatoms. The summed E-state index contributed by atoms with van der Waals surface area (Å²) in [5.41, 5.74) is 0.450. The van der Waals surface area contributed by atoms with E-state index in [0.717, 1.165) is 0 Å². The Bertz CT molecular complexity index is 516. The van der Waals surface area contributed by atoms with Crippen LogP contribution in [0, 0.1) is 11.8 Å². The predicted molar refractivity (Wildman–Crippen MR) is 59.5 cm³/mol. The highest BCUT2D eigenvalue weighted by molar-refractivity contribution is 6.32. The second-order valence-electron chi connectivity index (χ2n) is 2.80. The van der Waals surface area contributed by atoms with Gasteiger partial charge in [-0.1, -0.05) is 17.5 Å². The first-order valence-corrected chi connectivity index (χ1v) is 4.80. The molecule has 0 spiro atoms. The number of hydrogen-bond donors (Lipinski definition) is 0. The number of rotatable bonds is 1. The third kappa shape index (κ3) is 3.47. The summed E-state index contributed by atoms with van der Waals surface area (Å²) in [5.74, 6) is 3.39. The van der Waals surface area contributed by atoms with E-state index in [4.69, 9.17) is 11.6 Å². The topological polar surface area (TPSA) is 65.5 Å². The van der Waals surface area contributed by atoms with Crippen molar-refractivity contribution in [3.63, 3.8) is 0 Å². The number of aromatic nitrogens is 1. The van der Waals surface area contributed by atoms with Gasteiger partial charge in [-0.3, -0.25) is 0 Å². The van der Waals surface area contributed by atoms with E-state index in [0.29, 0.717) is 5.56 Å². The van der Waals surface area contributed by atoms with Crippen molar-refractivity contribution >= 4 is 23.5 Å². The van der Waals surface area contributed by atoms with Crippen molar-refractivity contribution in [3.8, 4) is 11.8 Å². The smallest absolute Gasteiger partial charge is 0.384 e. The normalized spacial score (nSPS) is 8.88. The molecule has 0 atom stereocenters. The van der Waals surface area contributed by atoms with E-state index in [9.17, 15) is 9.59 Å². The molecule has 1 rings (SSSR count). The average molecular weight is 254 g/mol. The molecular weight excluding hydrogens is 246 g/mol. The van der Waals surface area contributed by atoms with Crippen LogP contribution in [0.5, 0.6) is 0 Å². The Kier molecular flexibility index (Phi) is 4.49. The molecule has 0 aliphatic rings. The van der Waals surface area contributed by atoms with Crippen LogP contribution in [0.1, 0.15) is 15.9 Å². The Morgan fingerprint density at radius 3 is 2.65 bits per heavy atom. The van der Waals surface area contributed by atoms with Gasteiger partial charge in [0.25, 0.3) is 0 Å². The number of halogens is 1. The van der Waals surface area contributed by atoms with Crippen LogP contribution in [0.4, 0.5) is 0 Å². The lowest BCUT2D eigenvalue weighted by Crippen LogP contribution is -2.04. The molecule has 0 fully saturated rings. The molecule has 0 aliphatic carbocycles. The van der Waals surface area contributed by atoms with Gasteiger partial charge in [-0.2, -0.15) is 0 Å². The fourth-order valence-corrected chi connectivity index (χ4v) is 1.12. The Balaban J connectivity index is 3.07. The molecule has 88 valence electrons. The highest BCUT2D eigenvalue weighted by Crippen LogP contribution is 2.14. The second kappa shape index (κ2) is 5.87. The highest BCUT2D eigenvalue weighted by atomic mass is 35.5. The monoisotopic (exact) mass is 253 g/mol. The minimum absolute atomic E-state index is 0.0143. The molecule has 0 amide bonds. The molecule has 0 radical (unpaired) electrons.